The predicted octanol–water partition coefficient (Wildman–Crippen LogP) is 4.25. The number of ether oxygens (including phenoxy) is 3. The molecule has 3 aromatic rings. The van der Waals surface area contributed by atoms with E-state index in [1.165, 1.54) is 0 Å². The van der Waals surface area contributed by atoms with Gasteiger partial charge in [-0.3, -0.25) is 0 Å². The first-order valence-electron chi connectivity index (χ1n) is 11.4. The number of aliphatic hydroxyl groups is 1. The Balaban J connectivity index is 1.59. The summed E-state index contributed by atoms with van der Waals surface area (Å²) in [5.74, 6) is 0.282. The number of pyridine rings is 1. The van der Waals surface area contributed by atoms with Gasteiger partial charge in [0.25, 0.3) is 0 Å². The van der Waals surface area contributed by atoms with Crippen LogP contribution in [-0.4, -0.2) is 60.4 Å². The monoisotopic (exact) mass is 493 g/mol. The average molecular weight is 494 g/mol. The van der Waals surface area contributed by atoms with Crippen molar-refractivity contribution in [2.45, 2.75) is 13.8 Å². The van der Waals surface area contributed by atoms with E-state index in [2.05, 4.69) is 15.3 Å². The standard InChI is InChI=1S/C26H27N3O7/c1-3-34-26(32)22-23(31)21(14-17-15-28-24-19(17)5-4-8-27-24)36-25(22)29-20-7-6-18(13-16(20)2)35-12-11-33-10-9-30/h4-8,13-15,29-31H,3,9-12H2,1-2H3. The molecule has 1 aromatic carbocycles. The molecule has 0 fully saturated rings. The lowest BCUT2D eigenvalue weighted by atomic mass is 10.1. The minimum absolute atomic E-state index is 0.0352. The highest BCUT2D eigenvalue weighted by Crippen LogP contribution is 2.40. The summed E-state index contributed by atoms with van der Waals surface area (Å²) in [5, 5.41) is 22.7. The summed E-state index contributed by atoms with van der Waals surface area (Å²) in [6, 6.07) is 9.01. The molecule has 0 aliphatic carbocycles. The Morgan fingerprint density at radius 2 is 2.08 bits per heavy atom. The molecule has 0 saturated carbocycles. The van der Waals surface area contributed by atoms with Gasteiger partial charge >= 0.3 is 5.97 Å². The van der Waals surface area contributed by atoms with E-state index < -0.39 is 5.97 Å². The molecule has 0 atom stereocenters. The molecule has 0 amide bonds. The van der Waals surface area contributed by atoms with Crippen LogP contribution in [-0.2, 0) is 9.47 Å². The van der Waals surface area contributed by atoms with Gasteiger partial charge in [-0.15, -0.1) is 0 Å². The van der Waals surface area contributed by atoms with Crippen molar-refractivity contribution >= 4 is 41.2 Å². The highest BCUT2D eigenvalue weighted by Gasteiger charge is 2.27. The molecule has 10 nitrogen and oxygen atoms in total. The van der Waals surface area contributed by atoms with Gasteiger partial charge in [-0.25, -0.2) is 14.8 Å². The summed E-state index contributed by atoms with van der Waals surface area (Å²) < 4.78 is 21.9. The fourth-order valence-corrected chi connectivity index (χ4v) is 3.57. The topological polar surface area (TPSA) is 136 Å². The summed E-state index contributed by atoms with van der Waals surface area (Å²) in [5.41, 5.74) is 2.83. The second kappa shape index (κ2) is 11.5. The smallest absolute Gasteiger partial charge is 0.347 e. The highest BCUT2D eigenvalue weighted by atomic mass is 16.5. The molecule has 2 aromatic heterocycles. The van der Waals surface area contributed by atoms with Crippen LogP contribution in [0.2, 0.25) is 0 Å². The second-order valence-electron chi connectivity index (χ2n) is 7.76. The number of nitrogens with one attached hydrogen (secondary N) is 1. The number of anilines is 2. The van der Waals surface area contributed by atoms with Gasteiger partial charge in [0.05, 0.1) is 26.4 Å². The number of aromatic hydroxyl groups is 1. The molecule has 3 heterocycles. The second-order valence-corrected chi connectivity index (χ2v) is 7.76. The third kappa shape index (κ3) is 5.56. The zero-order valence-corrected chi connectivity index (χ0v) is 20.0. The maximum absolute atomic E-state index is 12.7. The van der Waals surface area contributed by atoms with E-state index in [0.29, 0.717) is 36.0 Å². The molecule has 3 N–H and O–H groups in total. The lowest BCUT2D eigenvalue weighted by molar-refractivity contribution is 0.0524. The fraction of sp³-hybridized carbons (Fsp3) is 0.269. The first-order chi connectivity index (χ1) is 17.5. The number of nitrogens with zero attached hydrogens (tertiary/aromatic N) is 2. The molecular formula is C26H27N3O7. The zero-order valence-electron chi connectivity index (χ0n) is 20.0. The molecule has 1 aliphatic rings. The van der Waals surface area contributed by atoms with E-state index in [1.54, 1.807) is 43.6 Å². The van der Waals surface area contributed by atoms with E-state index in [9.17, 15) is 9.90 Å². The molecule has 0 radical (unpaired) electrons. The van der Waals surface area contributed by atoms with Crippen LogP contribution in [0.1, 0.15) is 34.2 Å². The van der Waals surface area contributed by atoms with Crippen molar-refractivity contribution in [3.63, 3.8) is 0 Å². The van der Waals surface area contributed by atoms with Crippen molar-refractivity contribution in [2.75, 3.05) is 38.4 Å². The Bertz CT molecular complexity index is 1300. The number of aromatic nitrogens is 1. The summed E-state index contributed by atoms with van der Waals surface area (Å²) >= 11 is 0. The number of allylic oxidation sites excluding steroid dienone is 1. The van der Waals surface area contributed by atoms with E-state index in [-0.39, 0.29) is 42.8 Å². The van der Waals surface area contributed by atoms with Crippen LogP contribution in [0.4, 0.5) is 17.4 Å². The molecule has 0 bridgehead atoms. The first-order valence-corrected chi connectivity index (χ1v) is 11.4. The van der Waals surface area contributed by atoms with Crippen LogP contribution in [0.3, 0.4) is 0 Å². The highest BCUT2D eigenvalue weighted by molar-refractivity contribution is 6.21. The van der Waals surface area contributed by atoms with Crippen LogP contribution in [0.15, 0.2) is 45.9 Å². The Morgan fingerprint density at radius 1 is 1.22 bits per heavy atom. The summed E-state index contributed by atoms with van der Waals surface area (Å²) in [4.78, 5) is 21.1. The average Bonchev–Trinajstić information content (AvgIpc) is 3.41. The summed E-state index contributed by atoms with van der Waals surface area (Å²) in [6.45, 7) is 4.61. The first kappa shape index (κ1) is 25.0. The molecule has 188 valence electrons. The number of fused-ring (bicyclic) bond motifs is 1. The van der Waals surface area contributed by atoms with Crippen LogP contribution in [0.5, 0.6) is 11.5 Å². The number of aliphatic hydroxyl groups excluding tert-OH is 1. The molecule has 10 heteroatoms. The molecule has 4 rings (SSSR count). The number of furan rings is 1. The summed E-state index contributed by atoms with van der Waals surface area (Å²) in [7, 11) is 0. The zero-order chi connectivity index (χ0) is 25.5. The molecule has 0 spiro atoms. The van der Waals surface area contributed by atoms with Gasteiger partial charge in [-0.1, -0.05) is 0 Å². The maximum atomic E-state index is 12.7. The Hall–Kier alpha value is -4.15. The minimum Gasteiger partial charge on any atom is -0.504 e. The number of carbonyl (C=O) groups is 1. The van der Waals surface area contributed by atoms with Crippen molar-refractivity contribution < 1.29 is 33.6 Å². The Kier molecular flexibility index (Phi) is 7.99. The Labute approximate surface area is 207 Å². The molecule has 0 unspecified atom stereocenters. The maximum Gasteiger partial charge on any atom is 0.347 e. The number of aryl methyl sites for hydroxylation is 1. The third-order valence-electron chi connectivity index (χ3n) is 5.28. The molecule has 1 aliphatic heterocycles. The largest absolute Gasteiger partial charge is 0.504 e. The number of rotatable bonds is 11. The minimum atomic E-state index is -0.714. The number of carbonyl (C=O) groups excluding carboxylic acids is 1. The van der Waals surface area contributed by atoms with E-state index in [4.69, 9.17) is 23.7 Å². The summed E-state index contributed by atoms with van der Waals surface area (Å²) in [6.07, 6.45) is 4.87. The molecular weight excluding hydrogens is 466 g/mol. The predicted molar refractivity (Wildman–Crippen MR) is 134 cm³/mol. The van der Waals surface area contributed by atoms with Crippen molar-refractivity contribution in [3.05, 3.63) is 59.0 Å². The number of hydrogen-bond acceptors (Lipinski definition) is 10. The van der Waals surface area contributed by atoms with Crippen LogP contribution >= 0.6 is 0 Å². The number of benzene rings is 1. The quantitative estimate of drug-likeness (QED) is 0.264. The van der Waals surface area contributed by atoms with Crippen LogP contribution < -0.4 is 10.1 Å². The lowest BCUT2D eigenvalue weighted by Gasteiger charge is -2.12. The number of hydrogen-bond donors (Lipinski definition) is 3. The van der Waals surface area contributed by atoms with Crippen molar-refractivity contribution in [3.8, 4) is 11.5 Å². The molecule has 0 saturated heterocycles. The third-order valence-corrected chi connectivity index (χ3v) is 5.28. The number of aliphatic imine (C=N–C) groups is 1. The lowest BCUT2D eigenvalue weighted by Crippen LogP contribution is -2.09. The van der Waals surface area contributed by atoms with E-state index in [1.807, 2.05) is 19.1 Å². The van der Waals surface area contributed by atoms with Gasteiger partial charge in [0.2, 0.25) is 5.88 Å². The van der Waals surface area contributed by atoms with Gasteiger partial charge < -0.3 is 34.2 Å². The van der Waals surface area contributed by atoms with Crippen LogP contribution in [0, 0.1) is 6.92 Å². The van der Waals surface area contributed by atoms with E-state index >= 15 is 0 Å². The van der Waals surface area contributed by atoms with E-state index in [0.717, 1.165) is 11.1 Å². The van der Waals surface area contributed by atoms with Gasteiger partial charge in [-0.2, -0.15) is 0 Å². The van der Waals surface area contributed by atoms with Crippen molar-refractivity contribution in [1.29, 1.82) is 0 Å². The van der Waals surface area contributed by atoms with Gasteiger partial charge in [0.1, 0.15) is 12.4 Å². The SMILES string of the molecule is CCOC(=O)c1c(Nc2ccc(OCCOCCO)cc2C)oc(C=C2C=Nc3ncccc32)c1O. The van der Waals surface area contributed by atoms with Gasteiger partial charge in [0.15, 0.2) is 22.9 Å². The van der Waals surface area contributed by atoms with Gasteiger partial charge in [-0.05, 0) is 55.8 Å². The molecule has 36 heavy (non-hydrogen) atoms. The van der Waals surface area contributed by atoms with Crippen LogP contribution in [0.25, 0.3) is 11.6 Å². The Morgan fingerprint density at radius 3 is 2.86 bits per heavy atom. The normalized spacial score (nSPS) is 13.1. The van der Waals surface area contributed by atoms with Gasteiger partial charge in [0, 0.05) is 29.2 Å². The van der Waals surface area contributed by atoms with Crippen molar-refractivity contribution in [2.24, 2.45) is 4.99 Å². The fourth-order valence-electron chi connectivity index (χ4n) is 3.57. The van der Waals surface area contributed by atoms with Crippen molar-refractivity contribution in [1.82, 2.24) is 4.98 Å². The number of esters is 1.